The monoisotopic (exact) mass is 550 g/mol. The van der Waals surface area contributed by atoms with Gasteiger partial charge >= 0.3 is 11.9 Å². The molecule has 0 bridgehead atoms. The fraction of sp³-hybridized carbons (Fsp3) is 0.158. The molecular formula is C38H30O4. The lowest BCUT2D eigenvalue weighted by molar-refractivity contribution is -0.147. The number of carbonyl (C=O) groups excluding carboxylic acids is 2. The molecule has 0 radical (unpaired) electrons. The van der Waals surface area contributed by atoms with Gasteiger partial charge in [-0.2, -0.15) is 0 Å². The molecule has 4 heteroatoms. The van der Waals surface area contributed by atoms with E-state index in [-0.39, 0.29) is 37.0 Å². The number of rotatable bonds is 8. The smallest absolute Gasteiger partial charge is 0.310 e. The summed E-state index contributed by atoms with van der Waals surface area (Å²) >= 11 is 0. The molecule has 0 spiro atoms. The fourth-order valence-corrected chi connectivity index (χ4v) is 5.01. The van der Waals surface area contributed by atoms with Crippen LogP contribution in [-0.2, 0) is 31.9 Å². The zero-order chi connectivity index (χ0) is 28.7. The zero-order valence-electron chi connectivity index (χ0n) is 23.2. The lowest BCUT2D eigenvalue weighted by atomic mass is 9.89. The molecule has 2 atom stereocenters. The minimum absolute atomic E-state index is 0.150. The van der Waals surface area contributed by atoms with Gasteiger partial charge in [-0.15, -0.1) is 0 Å². The Bertz CT molecular complexity index is 1560. The van der Waals surface area contributed by atoms with Gasteiger partial charge in [-0.3, -0.25) is 9.59 Å². The molecule has 2 aliphatic rings. The van der Waals surface area contributed by atoms with Gasteiger partial charge in [0.05, 0.1) is 12.8 Å². The molecule has 2 aliphatic carbocycles. The summed E-state index contributed by atoms with van der Waals surface area (Å²) < 4.78 is 11.2. The largest absolute Gasteiger partial charge is 0.457 e. The van der Waals surface area contributed by atoms with E-state index in [4.69, 9.17) is 9.47 Å². The van der Waals surface area contributed by atoms with Gasteiger partial charge in [0.2, 0.25) is 0 Å². The molecule has 0 heterocycles. The molecule has 4 aromatic rings. The maximum absolute atomic E-state index is 12.4. The van der Waals surface area contributed by atoms with Gasteiger partial charge in [-0.1, -0.05) is 96.8 Å². The van der Waals surface area contributed by atoms with Gasteiger partial charge < -0.3 is 9.47 Å². The average Bonchev–Trinajstić information content (AvgIpc) is 2.98. The molecule has 0 aliphatic heterocycles. The van der Waals surface area contributed by atoms with E-state index in [9.17, 15) is 9.59 Å². The number of hydrogen-bond donors (Lipinski definition) is 0. The molecule has 2 unspecified atom stereocenters. The van der Waals surface area contributed by atoms with Crippen LogP contribution in [0.3, 0.4) is 0 Å². The Labute approximate surface area is 246 Å². The van der Waals surface area contributed by atoms with Gasteiger partial charge in [0.25, 0.3) is 0 Å². The van der Waals surface area contributed by atoms with E-state index in [0.717, 1.165) is 35.1 Å². The Morgan fingerprint density at radius 1 is 0.548 bits per heavy atom. The molecule has 42 heavy (non-hydrogen) atoms. The zero-order valence-corrected chi connectivity index (χ0v) is 23.2. The van der Waals surface area contributed by atoms with Crippen molar-refractivity contribution in [3.8, 4) is 11.8 Å². The van der Waals surface area contributed by atoms with Crippen LogP contribution in [0.25, 0.3) is 11.1 Å². The topological polar surface area (TPSA) is 52.6 Å². The predicted octanol–water partition coefficient (Wildman–Crippen LogP) is 6.97. The van der Waals surface area contributed by atoms with Crippen LogP contribution < -0.4 is 0 Å². The summed E-state index contributed by atoms with van der Waals surface area (Å²) in [5.41, 5.74) is 8.29. The lowest BCUT2D eigenvalue weighted by Gasteiger charge is -2.25. The minimum Gasteiger partial charge on any atom is -0.457 e. The number of ether oxygens (including phenoxy) is 2. The van der Waals surface area contributed by atoms with Crippen molar-refractivity contribution in [3.63, 3.8) is 0 Å². The van der Waals surface area contributed by atoms with Crippen LogP contribution in [-0.4, -0.2) is 24.1 Å². The first kappa shape index (κ1) is 27.1. The number of carbonyl (C=O) groups is 2. The van der Waals surface area contributed by atoms with E-state index >= 15 is 0 Å². The number of benzene rings is 4. The third-order valence-electron chi connectivity index (χ3n) is 7.43. The molecule has 0 aromatic heterocycles. The molecule has 0 amide bonds. The summed E-state index contributed by atoms with van der Waals surface area (Å²) in [4.78, 5) is 24.8. The van der Waals surface area contributed by atoms with Gasteiger partial charge in [-0.25, -0.2) is 0 Å². The molecule has 6 rings (SSSR count). The van der Waals surface area contributed by atoms with Crippen LogP contribution in [0.4, 0.5) is 0 Å². The summed E-state index contributed by atoms with van der Waals surface area (Å²) in [6.07, 6.45) is 5.69. The molecule has 0 N–H and O–H groups in total. The molecule has 0 saturated carbocycles. The van der Waals surface area contributed by atoms with Crippen molar-refractivity contribution in [2.75, 3.05) is 0 Å². The summed E-state index contributed by atoms with van der Waals surface area (Å²) in [6, 6.07) is 35.6. The van der Waals surface area contributed by atoms with Crippen LogP contribution >= 0.6 is 0 Å². The third kappa shape index (κ3) is 6.95. The number of esters is 2. The molecule has 0 fully saturated rings. The highest BCUT2D eigenvalue weighted by Gasteiger charge is 2.24. The maximum atomic E-state index is 12.4. The van der Waals surface area contributed by atoms with Crippen molar-refractivity contribution >= 4 is 23.1 Å². The first-order valence-corrected chi connectivity index (χ1v) is 14.2. The second-order valence-electron chi connectivity index (χ2n) is 10.6. The van der Waals surface area contributed by atoms with E-state index in [1.807, 2.05) is 97.1 Å². The Balaban J connectivity index is 0.944. The van der Waals surface area contributed by atoms with Crippen molar-refractivity contribution in [3.05, 3.63) is 155 Å². The molecule has 206 valence electrons. The van der Waals surface area contributed by atoms with Crippen molar-refractivity contribution in [2.24, 2.45) is 0 Å². The highest BCUT2D eigenvalue weighted by molar-refractivity contribution is 5.77. The molecule has 0 saturated heterocycles. The average molecular weight is 551 g/mol. The highest BCUT2D eigenvalue weighted by Crippen LogP contribution is 2.32. The van der Waals surface area contributed by atoms with E-state index in [0.29, 0.717) is 0 Å². The van der Waals surface area contributed by atoms with Crippen LogP contribution in [0.5, 0.6) is 0 Å². The van der Waals surface area contributed by atoms with Gasteiger partial charge in [-0.05, 0) is 69.8 Å². The van der Waals surface area contributed by atoms with Crippen molar-refractivity contribution in [1.29, 1.82) is 0 Å². The molecule has 4 aromatic carbocycles. The molecule has 4 nitrogen and oxygen atoms in total. The van der Waals surface area contributed by atoms with Crippen LogP contribution in [0.15, 0.2) is 121 Å². The standard InChI is InChI=1S/C38H30O4/c39-37(41-35-23-33(24-35)31-7-3-1-4-8-31)21-29-17-13-27(14-18-29)11-12-28-15-19-30(20-16-28)22-38(40)42-36-25-34(26-36)32-9-5-2-6-10-32/h1-10,13-20,23,25,35-36H,21-22,24,26H2. The first-order valence-electron chi connectivity index (χ1n) is 14.2. The molecular weight excluding hydrogens is 520 g/mol. The second-order valence-corrected chi connectivity index (χ2v) is 10.6. The van der Waals surface area contributed by atoms with E-state index in [1.165, 1.54) is 22.3 Å². The van der Waals surface area contributed by atoms with Gasteiger partial charge in [0, 0.05) is 24.0 Å². The minimum atomic E-state index is -0.229. The quantitative estimate of drug-likeness (QED) is 0.176. The Morgan fingerprint density at radius 3 is 1.26 bits per heavy atom. The van der Waals surface area contributed by atoms with Gasteiger partial charge in [0.15, 0.2) is 0 Å². The van der Waals surface area contributed by atoms with E-state index in [1.54, 1.807) is 0 Å². The van der Waals surface area contributed by atoms with Crippen LogP contribution in [0.1, 0.15) is 46.2 Å². The lowest BCUT2D eigenvalue weighted by Crippen LogP contribution is -2.24. The third-order valence-corrected chi connectivity index (χ3v) is 7.43. The Morgan fingerprint density at radius 2 is 0.905 bits per heavy atom. The van der Waals surface area contributed by atoms with E-state index in [2.05, 4.69) is 36.1 Å². The Hall–Kier alpha value is -5.14. The summed E-state index contributed by atoms with van der Waals surface area (Å²) in [5, 5.41) is 0. The maximum Gasteiger partial charge on any atom is 0.310 e. The fourth-order valence-electron chi connectivity index (χ4n) is 5.01. The summed E-state index contributed by atoms with van der Waals surface area (Å²) in [5.74, 6) is 5.86. The van der Waals surface area contributed by atoms with E-state index < -0.39 is 0 Å². The summed E-state index contributed by atoms with van der Waals surface area (Å²) in [6.45, 7) is 0. The van der Waals surface area contributed by atoms with Crippen LogP contribution in [0, 0.1) is 11.8 Å². The van der Waals surface area contributed by atoms with Crippen molar-refractivity contribution < 1.29 is 19.1 Å². The highest BCUT2D eigenvalue weighted by atomic mass is 16.5. The first-order chi connectivity index (χ1) is 20.6. The van der Waals surface area contributed by atoms with Gasteiger partial charge in [0.1, 0.15) is 12.2 Å². The SMILES string of the molecule is O=C(Cc1ccc(C#Cc2ccc(CC(=O)OC3C=C(c4ccccc4)C3)cc2)cc1)OC1C=C(c2ccccc2)C1. The normalized spacial score (nSPS) is 16.9. The Kier molecular flexibility index (Phi) is 8.10. The summed E-state index contributed by atoms with van der Waals surface area (Å²) in [7, 11) is 0. The second kappa shape index (κ2) is 12.6. The van der Waals surface area contributed by atoms with Crippen molar-refractivity contribution in [2.45, 2.75) is 37.9 Å². The van der Waals surface area contributed by atoms with Crippen LogP contribution in [0.2, 0.25) is 0 Å². The predicted molar refractivity (Wildman–Crippen MR) is 164 cm³/mol. The van der Waals surface area contributed by atoms with Crippen molar-refractivity contribution in [1.82, 2.24) is 0 Å². The number of hydrogen-bond acceptors (Lipinski definition) is 4.